The molecule has 3 heterocycles. The molecular formula is C22H22ClN3OS2. The van der Waals surface area contributed by atoms with Gasteiger partial charge in [-0.25, -0.2) is 0 Å². The van der Waals surface area contributed by atoms with E-state index in [-0.39, 0.29) is 12.1 Å². The number of aromatic nitrogens is 1. The fourth-order valence-corrected chi connectivity index (χ4v) is 4.69. The smallest absolute Gasteiger partial charge is 0.170 e. The quantitative estimate of drug-likeness (QED) is 0.435. The van der Waals surface area contributed by atoms with E-state index in [2.05, 4.69) is 22.1 Å². The molecule has 0 aliphatic carbocycles. The fourth-order valence-electron chi connectivity index (χ4n) is 3.45. The molecule has 1 aliphatic heterocycles. The lowest BCUT2D eigenvalue weighted by molar-refractivity contribution is 0.257. The van der Waals surface area contributed by atoms with E-state index in [4.69, 9.17) is 28.2 Å². The Hall–Kier alpha value is -2.02. The van der Waals surface area contributed by atoms with E-state index in [1.807, 2.05) is 60.8 Å². The molecule has 150 valence electrons. The third kappa shape index (κ3) is 4.60. The van der Waals surface area contributed by atoms with Crippen molar-refractivity contribution in [1.29, 1.82) is 0 Å². The Kier molecular flexibility index (Phi) is 6.43. The minimum absolute atomic E-state index is 0.0245. The average Bonchev–Trinajstić information content (AvgIpc) is 3.32. The summed E-state index contributed by atoms with van der Waals surface area (Å²) in [6, 6.07) is 17.7. The van der Waals surface area contributed by atoms with Gasteiger partial charge in [0.2, 0.25) is 0 Å². The van der Waals surface area contributed by atoms with Crippen molar-refractivity contribution in [2.75, 3.05) is 6.54 Å². The van der Waals surface area contributed by atoms with E-state index < -0.39 is 0 Å². The van der Waals surface area contributed by atoms with Crippen molar-refractivity contribution in [2.24, 2.45) is 0 Å². The van der Waals surface area contributed by atoms with Gasteiger partial charge >= 0.3 is 0 Å². The molecule has 0 radical (unpaired) electrons. The molecule has 7 heteroatoms. The zero-order valence-corrected chi connectivity index (χ0v) is 18.4. The number of thiocarbonyl (C=S) groups is 1. The topological polar surface area (TPSA) is 41.3 Å². The maximum Gasteiger partial charge on any atom is 0.170 e. The van der Waals surface area contributed by atoms with Crippen LogP contribution in [-0.4, -0.2) is 21.5 Å². The van der Waals surface area contributed by atoms with Crippen LogP contribution in [0.2, 0.25) is 5.02 Å². The van der Waals surface area contributed by atoms with Crippen molar-refractivity contribution in [3.63, 3.8) is 0 Å². The molecule has 1 saturated heterocycles. The average molecular weight is 444 g/mol. The van der Waals surface area contributed by atoms with Crippen molar-refractivity contribution < 1.29 is 4.42 Å². The lowest BCUT2D eigenvalue weighted by atomic mass is 10.0. The van der Waals surface area contributed by atoms with Crippen molar-refractivity contribution >= 4 is 40.7 Å². The highest BCUT2D eigenvalue weighted by Crippen LogP contribution is 2.41. The van der Waals surface area contributed by atoms with Crippen LogP contribution in [0.4, 0.5) is 0 Å². The minimum atomic E-state index is -0.0416. The first-order valence-corrected chi connectivity index (χ1v) is 11.3. The molecule has 0 amide bonds. The number of furan rings is 1. The van der Waals surface area contributed by atoms with Crippen LogP contribution in [0.15, 0.2) is 75.2 Å². The molecule has 1 fully saturated rings. The summed E-state index contributed by atoms with van der Waals surface area (Å²) in [6.07, 6.45) is 3.99. The highest BCUT2D eigenvalue weighted by molar-refractivity contribution is 7.99. The number of nitrogens with zero attached hydrogens (tertiary/aromatic N) is 2. The van der Waals surface area contributed by atoms with Gasteiger partial charge in [-0.05, 0) is 67.2 Å². The second-order valence-corrected chi connectivity index (χ2v) is 8.79. The zero-order valence-electron chi connectivity index (χ0n) is 16.0. The maximum atomic E-state index is 6.27. The van der Waals surface area contributed by atoms with Crippen LogP contribution in [0, 0.1) is 0 Å². The van der Waals surface area contributed by atoms with Crippen LogP contribution in [-0.2, 0) is 0 Å². The Morgan fingerprint density at radius 2 is 2.00 bits per heavy atom. The summed E-state index contributed by atoms with van der Waals surface area (Å²) < 4.78 is 6.27. The van der Waals surface area contributed by atoms with Gasteiger partial charge in [0.05, 0.1) is 11.7 Å². The Morgan fingerprint density at radius 1 is 1.17 bits per heavy atom. The molecule has 2 unspecified atom stereocenters. The number of pyridine rings is 1. The van der Waals surface area contributed by atoms with Crippen LogP contribution >= 0.6 is 35.6 Å². The van der Waals surface area contributed by atoms with E-state index in [1.165, 1.54) is 0 Å². The third-order valence-electron chi connectivity index (χ3n) is 4.88. The standard InChI is InChI=1S/C22H22ClN3OS2/c1-2-3-14-26-21(20(25-22(26)28)17-6-4-5-13-24-17)18-11-12-19(27-18)29-16-9-7-15(23)8-10-16/h4-13,20-21H,2-3,14H2,1H3,(H,25,28). The molecule has 0 bridgehead atoms. The molecule has 4 rings (SSSR count). The van der Waals surface area contributed by atoms with Crippen molar-refractivity contribution in [3.8, 4) is 0 Å². The molecule has 1 aromatic carbocycles. The van der Waals surface area contributed by atoms with E-state index >= 15 is 0 Å². The van der Waals surface area contributed by atoms with E-state index in [1.54, 1.807) is 11.8 Å². The van der Waals surface area contributed by atoms with Gasteiger partial charge in [0.25, 0.3) is 0 Å². The molecule has 1 N–H and O–H groups in total. The van der Waals surface area contributed by atoms with Crippen LogP contribution in [0.1, 0.15) is 43.3 Å². The van der Waals surface area contributed by atoms with Gasteiger partial charge in [-0.15, -0.1) is 0 Å². The molecule has 0 spiro atoms. The number of halogens is 1. The monoisotopic (exact) mass is 443 g/mol. The van der Waals surface area contributed by atoms with Gasteiger partial charge in [-0.1, -0.05) is 42.8 Å². The summed E-state index contributed by atoms with van der Waals surface area (Å²) in [5, 5.41) is 5.78. The molecule has 2 aromatic heterocycles. The number of hydrogen-bond acceptors (Lipinski definition) is 4. The predicted molar refractivity (Wildman–Crippen MR) is 121 cm³/mol. The molecule has 29 heavy (non-hydrogen) atoms. The first-order chi connectivity index (χ1) is 14.2. The summed E-state index contributed by atoms with van der Waals surface area (Å²) >= 11 is 13.2. The second kappa shape index (κ2) is 9.20. The summed E-state index contributed by atoms with van der Waals surface area (Å²) in [5.74, 6) is 0.889. The van der Waals surface area contributed by atoms with Crippen LogP contribution < -0.4 is 5.32 Å². The van der Waals surface area contributed by atoms with Crippen molar-refractivity contribution in [3.05, 3.63) is 77.3 Å². The lowest BCUT2D eigenvalue weighted by Crippen LogP contribution is -2.30. The largest absolute Gasteiger partial charge is 0.452 e. The summed E-state index contributed by atoms with van der Waals surface area (Å²) in [7, 11) is 0. The summed E-state index contributed by atoms with van der Waals surface area (Å²) in [4.78, 5) is 7.87. The van der Waals surface area contributed by atoms with Gasteiger partial charge < -0.3 is 14.6 Å². The van der Waals surface area contributed by atoms with Gasteiger partial charge in [0.1, 0.15) is 11.8 Å². The van der Waals surface area contributed by atoms with Crippen LogP contribution in [0.5, 0.6) is 0 Å². The van der Waals surface area contributed by atoms with Gasteiger partial charge in [-0.2, -0.15) is 0 Å². The Morgan fingerprint density at radius 3 is 2.72 bits per heavy atom. The van der Waals surface area contributed by atoms with Crippen LogP contribution in [0.3, 0.4) is 0 Å². The van der Waals surface area contributed by atoms with Crippen LogP contribution in [0.25, 0.3) is 0 Å². The number of hydrogen-bond donors (Lipinski definition) is 1. The lowest BCUT2D eigenvalue weighted by Gasteiger charge is -2.25. The summed E-state index contributed by atoms with van der Waals surface area (Å²) in [5.41, 5.74) is 0.960. The minimum Gasteiger partial charge on any atom is -0.452 e. The molecule has 3 aromatic rings. The third-order valence-corrected chi connectivity index (χ3v) is 6.41. The maximum absolute atomic E-state index is 6.27. The second-order valence-electron chi connectivity index (χ2n) is 6.89. The molecule has 2 atom stereocenters. The van der Waals surface area contributed by atoms with E-state index in [0.717, 1.165) is 51.0 Å². The molecule has 0 saturated carbocycles. The number of benzene rings is 1. The fraction of sp³-hybridized carbons (Fsp3) is 0.273. The molecular weight excluding hydrogens is 422 g/mol. The Bertz CT molecular complexity index is 962. The summed E-state index contributed by atoms with van der Waals surface area (Å²) in [6.45, 7) is 3.07. The highest BCUT2D eigenvalue weighted by Gasteiger charge is 2.41. The van der Waals surface area contributed by atoms with Gasteiger partial charge in [0.15, 0.2) is 10.2 Å². The van der Waals surface area contributed by atoms with E-state index in [0.29, 0.717) is 0 Å². The van der Waals surface area contributed by atoms with Crippen molar-refractivity contribution in [2.45, 2.75) is 41.8 Å². The SMILES string of the molecule is CCCCN1C(=S)NC(c2ccccn2)C1c1ccc(Sc2ccc(Cl)cc2)o1. The van der Waals surface area contributed by atoms with Crippen molar-refractivity contribution in [1.82, 2.24) is 15.2 Å². The molecule has 1 aliphatic rings. The van der Waals surface area contributed by atoms with Gasteiger partial charge in [0, 0.05) is 22.7 Å². The predicted octanol–water partition coefficient (Wildman–Crippen LogP) is 6.25. The van der Waals surface area contributed by atoms with E-state index in [9.17, 15) is 0 Å². The molecule has 4 nitrogen and oxygen atoms in total. The Balaban J connectivity index is 1.62. The number of nitrogens with one attached hydrogen (secondary N) is 1. The van der Waals surface area contributed by atoms with Gasteiger partial charge in [-0.3, -0.25) is 4.98 Å². The normalized spacial score (nSPS) is 18.8. The zero-order chi connectivity index (χ0) is 20.2. The first-order valence-electron chi connectivity index (χ1n) is 9.67. The Labute approximate surface area is 185 Å². The first kappa shape index (κ1) is 20.3. The number of rotatable bonds is 7. The highest BCUT2D eigenvalue weighted by atomic mass is 35.5. The number of unbranched alkanes of at least 4 members (excludes halogenated alkanes) is 1.